The van der Waals surface area contributed by atoms with Gasteiger partial charge in [0.25, 0.3) is 5.91 Å². The fourth-order valence-electron chi connectivity index (χ4n) is 3.75. The highest BCUT2D eigenvalue weighted by molar-refractivity contribution is 6.02. The monoisotopic (exact) mass is 388 g/mol. The van der Waals surface area contributed by atoms with E-state index in [1.54, 1.807) is 6.21 Å². The lowest BCUT2D eigenvalue weighted by atomic mass is 10.0. The number of fused-ring (bicyclic) bond motifs is 1. The first-order valence-corrected chi connectivity index (χ1v) is 9.77. The summed E-state index contributed by atoms with van der Waals surface area (Å²) in [4.78, 5) is 14.7. The molecular weight excluding hydrogens is 364 g/mol. The Hall–Kier alpha value is -3.38. The number of phenols is 1. The highest BCUT2D eigenvalue weighted by Crippen LogP contribution is 2.24. The topological polar surface area (TPSA) is 91.0 Å². The smallest absolute Gasteiger partial charge is 0.271 e. The normalized spacial score (nSPS) is 14.6. The molecule has 0 bridgehead atoms. The number of nitrogen functional groups attached to an aromatic ring is 1. The molecule has 0 aliphatic carbocycles. The molecule has 0 atom stereocenters. The van der Waals surface area contributed by atoms with Crippen LogP contribution in [0.25, 0.3) is 10.8 Å². The van der Waals surface area contributed by atoms with Crippen LogP contribution in [0.2, 0.25) is 0 Å². The lowest BCUT2D eigenvalue weighted by Gasteiger charge is -2.16. The summed E-state index contributed by atoms with van der Waals surface area (Å²) in [6.45, 7) is 3.27. The van der Waals surface area contributed by atoms with Gasteiger partial charge in [0.05, 0.1) is 11.9 Å². The zero-order valence-electron chi connectivity index (χ0n) is 16.1. The molecule has 29 heavy (non-hydrogen) atoms. The first-order valence-electron chi connectivity index (χ1n) is 9.77. The molecule has 3 aromatic rings. The minimum Gasteiger partial charge on any atom is -0.506 e. The number of aromatic hydroxyl groups is 1. The van der Waals surface area contributed by atoms with E-state index < -0.39 is 0 Å². The Morgan fingerprint density at radius 1 is 1.10 bits per heavy atom. The zero-order chi connectivity index (χ0) is 20.2. The van der Waals surface area contributed by atoms with Crippen molar-refractivity contribution < 1.29 is 9.90 Å². The molecule has 0 saturated carbocycles. The van der Waals surface area contributed by atoms with Crippen molar-refractivity contribution in [1.82, 2.24) is 10.3 Å². The van der Waals surface area contributed by atoms with Crippen LogP contribution in [0, 0.1) is 0 Å². The van der Waals surface area contributed by atoms with Gasteiger partial charge in [-0.15, -0.1) is 0 Å². The number of hydrogen-bond acceptors (Lipinski definition) is 5. The van der Waals surface area contributed by atoms with Gasteiger partial charge in [-0.2, -0.15) is 5.10 Å². The van der Waals surface area contributed by atoms with E-state index in [2.05, 4.69) is 39.7 Å². The Morgan fingerprint density at radius 3 is 2.66 bits per heavy atom. The van der Waals surface area contributed by atoms with Gasteiger partial charge in [-0.1, -0.05) is 36.4 Å². The highest BCUT2D eigenvalue weighted by Gasteiger charge is 2.13. The van der Waals surface area contributed by atoms with Gasteiger partial charge in [-0.05, 0) is 60.5 Å². The van der Waals surface area contributed by atoms with Crippen molar-refractivity contribution in [1.29, 1.82) is 0 Å². The van der Waals surface area contributed by atoms with Crippen molar-refractivity contribution in [3.63, 3.8) is 0 Å². The Labute approximate surface area is 169 Å². The molecule has 6 nitrogen and oxygen atoms in total. The first-order chi connectivity index (χ1) is 14.1. The average Bonchev–Trinajstić information content (AvgIpc) is 3.23. The lowest BCUT2D eigenvalue weighted by Crippen LogP contribution is -2.18. The van der Waals surface area contributed by atoms with Gasteiger partial charge >= 0.3 is 0 Å². The van der Waals surface area contributed by atoms with Gasteiger partial charge in [0.1, 0.15) is 5.75 Å². The van der Waals surface area contributed by atoms with Crippen LogP contribution < -0.4 is 11.2 Å². The van der Waals surface area contributed by atoms with Crippen molar-refractivity contribution in [2.45, 2.75) is 19.4 Å². The Balaban J connectivity index is 1.52. The first kappa shape index (κ1) is 19.0. The molecule has 4 N–H and O–H groups in total. The van der Waals surface area contributed by atoms with E-state index >= 15 is 0 Å². The number of rotatable bonds is 5. The van der Waals surface area contributed by atoms with Crippen LogP contribution >= 0.6 is 0 Å². The van der Waals surface area contributed by atoms with E-state index in [4.69, 9.17) is 5.73 Å². The van der Waals surface area contributed by atoms with Crippen molar-refractivity contribution in [3.8, 4) is 5.75 Å². The summed E-state index contributed by atoms with van der Waals surface area (Å²) in [5.41, 5.74) is 10.9. The molecule has 1 fully saturated rings. The molecule has 1 saturated heterocycles. The molecule has 1 amide bonds. The molecule has 1 aliphatic heterocycles. The van der Waals surface area contributed by atoms with Crippen LogP contribution in [0.5, 0.6) is 5.75 Å². The Bertz CT molecular complexity index is 1070. The lowest BCUT2D eigenvalue weighted by molar-refractivity contribution is 0.0955. The summed E-state index contributed by atoms with van der Waals surface area (Å²) >= 11 is 0. The number of benzene rings is 3. The molecule has 4 rings (SSSR count). The second-order valence-corrected chi connectivity index (χ2v) is 7.32. The summed E-state index contributed by atoms with van der Waals surface area (Å²) < 4.78 is 0. The maximum atomic E-state index is 12.2. The van der Waals surface area contributed by atoms with Crippen molar-refractivity contribution in [2.75, 3.05) is 18.8 Å². The predicted octanol–water partition coefficient (Wildman–Crippen LogP) is 3.49. The number of carbonyl (C=O) groups excluding carboxylic acids is 1. The summed E-state index contributed by atoms with van der Waals surface area (Å²) in [6.07, 6.45) is 4.20. The average molecular weight is 388 g/mol. The second-order valence-electron chi connectivity index (χ2n) is 7.32. The number of phenolic OH excluding ortho intramolecular Hbond substituents is 1. The summed E-state index contributed by atoms with van der Waals surface area (Å²) in [6, 6.07) is 16.8. The molecule has 1 heterocycles. The van der Waals surface area contributed by atoms with Gasteiger partial charge in [0, 0.05) is 17.7 Å². The van der Waals surface area contributed by atoms with Gasteiger partial charge in [0.15, 0.2) is 0 Å². The summed E-state index contributed by atoms with van der Waals surface area (Å²) in [5, 5.41) is 15.9. The largest absolute Gasteiger partial charge is 0.506 e. The Kier molecular flexibility index (Phi) is 5.44. The molecule has 3 aromatic carbocycles. The summed E-state index contributed by atoms with van der Waals surface area (Å²) in [5.74, 6) is -0.437. The molecule has 0 radical (unpaired) electrons. The van der Waals surface area contributed by atoms with E-state index in [0.29, 0.717) is 5.56 Å². The fourth-order valence-corrected chi connectivity index (χ4v) is 3.75. The maximum absolute atomic E-state index is 12.2. The van der Waals surface area contributed by atoms with Crippen molar-refractivity contribution >= 4 is 28.6 Å². The van der Waals surface area contributed by atoms with E-state index in [1.165, 1.54) is 42.0 Å². The van der Waals surface area contributed by atoms with Crippen LogP contribution in [0.1, 0.15) is 34.3 Å². The molecule has 1 aliphatic rings. The van der Waals surface area contributed by atoms with Gasteiger partial charge in [0.2, 0.25) is 0 Å². The molecule has 0 spiro atoms. The minimum atomic E-state index is -0.386. The molecular formula is C23H24N4O2. The number of nitrogens with zero attached hydrogens (tertiary/aromatic N) is 2. The zero-order valence-corrected chi connectivity index (χ0v) is 16.1. The molecule has 6 heteroatoms. The van der Waals surface area contributed by atoms with E-state index in [-0.39, 0.29) is 17.3 Å². The fraction of sp³-hybridized carbons (Fsp3) is 0.217. The number of hydrazone groups is 1. The molecule has 0 aromatic heterocycles. The SMILES string of the molecule is Nc1cc(C(=O)N/N=C/c2cccc3c(CN4CCCC4)cccc23)ccc1O. The number of carbonyl (C=O) groups is 1. The minimum absolute atomic E-state index is 0.0504. The van der Waals surface area contributed by atoms with Crippen LogP contribution in [-0.4, -0.2) is 35.2 Å². The summed E-state index contributed by atoms with van der Waals surface area (Å²) in [7, 11) is 0. The highest BCUT2D eigenvalue weighted by atomic mass is 16.3. The van der Waals surface area contributed by atoms with Gasteiger partial charge < -0.3 is 10.8 Å². The quantitative estimate of drug-likeness (QED) is 0.270. The van der Waals surface area contributed by atoms with E-state index in [1.807, 2.05) is 12.1 Å². The van der Waals surface area contributed by atoms with Crippen LogP contribution in [0.4, 0.5) is 5.69 Å². The standard InChI is InChI=1S/C23H24N4O2/c24-21-13-16(9-10-22(21)28)23(29)26-25-14-17-5-3-8-20-18(6-4-7-19(17)20)15-27-11-1-2-12-27/h3-10,13-14,28H,1-2,11-12,15,24H2,(H,26,29)/b25-14+. The van der Waals surface area contributed by atoms with Crippen molar-refractivity contribution in [3.05, 3.63) is 71.3 Å². The van der Waals surface area contributed by atoms with Gasteiger partial charge in [-0.25, -0.2) is 5.43 Å². The Morgan fingerprint density at radius 2 is 1.86 bits per heavy atom. The number of likely N-dealkylation sites (tertiary alicyclic amines) is 1. The van der Waals surface area contributed by atoms with Crippen LogP contribution in [-0.2, 0) is 6.54 Å². The van der Waals surface area contributed by atoms with Crippen LogP contribution in [0.15, 0.2) is 59.7 Å². The van der Waals surface area contributed by atoms with E-state index in [9.17, 15) is 9.90 Å². The predicted molar refractivity (Wildman–Crippen MR) is 116 cm³/mol. The number of nitrogens with two attached hydrogens (primary N) is 1. The van der Waals surface area contributed by atoms with E-state index in [0.717, 1.165) is 30.6 Å². The van der Waals surface area contributed by atoms with Crippen molar-refractivity contribution in [2.24, 2.45) is 5.10 Å². The third kappa shape index (κ3) is 4.22. The van der Waals surface area contributed by atoms with Crippen LogP contribution in [0.3, 0.4) is 0 Å². The number of anilines is 1. The molecule has 148 valence electrons. The number of nitrogens with one attached hydrogen (secondary N) is 1. The third-order valence-corrected chi connectivity index (χ3v) is 5.30. The number of hydrogen-bond donors (Lipinski definition) is 3. The number of amides is 1. The maximum Gasteiger partial charge on any atom is 0.271 e. The second kappa shape index (κ2) is 8.32. The molecule has 0 unspecified atom stereocenters. The third-order valence-electron chi connectivity index (χ3n) is 5.30. The van der Waals surface area contributed by atoms with Gasteiger partial charge in [-0.3, -0.25) is 9.69 Å².